The predicted octanol–water partition coefficient (Wildman–Crippen LogP) is 3.92. The summed E-state index contributed by atoms with van der Waals surface area (Å²) in [6.07, 6.45) is -0.923. The molecular formula is C17H14BrF2NO4. The lowest BCUT2D eigenvalue weighted by atomic mass is 10.2. The molecule has 25 heavy (non-hydrogen) atoms. The van der Waals surface area contributed by atoms with Crippen molar-refractivity contribution >= 4 is 33.5 Å². The third-order valence-corrected chi connectivity index (χ3v) is 3.83. The van der Waals surface area contributed by atoms with E-state index in [1.807, 2.05) is 0 Å². The lowest BCUT2D eigenvalue weighted by molar-refractivity contribution is -0.122. The van der Waals surface area contributed by atoms with Crippen LogP contribution >= 0.6 is 15.9 Å². The first-order chi connectivity index (χ1) is 11.8. The van der Waals surface area contributed by atoms with Crippen molar-refractivity contribution in [1.29, 1.82) is 0 Å². The Morgan fingerprint density at radius 3 is 2.52 bits per heavy atom. The number of hydrogen-bond donors (Lipinski definition) is 1. The summed E-state index contributed by atoms with van der Waals surface area (Å²) in [6, 6.07) is 7.32. The molecule has 1 atom stereocenters. The molecule has 0 radical (unpaired) electrons. The van der Waals surface area contributed by atoms with Gasteiger partial charge < -0.3 is 14.8 Å². The van der Waals surface area contributed by atoms with E-state index in [4.69, 9.17) is 4.74 Å². The first-order valence-electron chi connectivity index (χ1n) is 7.12. The number of carbonyl (C=O) groups is 2. The average molecular weight is 414 g/mol. The van der Waals surface area contributed by atoms with Gasteiger partial charge in [-0.05, 0) is 59.3 Å². The van der Waals surface area contributed by atoms with Gasteiger partial charge in [-0.25, -0.2) is 13.6 Å². The number of hydrogen-bond acceptors (Lipinski definition) is 4. The van der Waals surface area contributed by atoms with Crippen LogP contribution in [0.4, 0.5) is 14.5 Å². The van der Waals surface area contributed by atoms with Crippen molar-refractivity contribution in [3.63, 3.8) is 0 Å². The Hall–Kier alpha value is -2.48. The summed E-state index contributed by atoms with van der Waals surface area (Å²) < 4.78 is 37.0. The van der Waals surface area contributed by atoms with E-state index in [9.17, 15) is 18.4 Å². The summed E-state index contributed by atoms with van der Waals surface area (Å²) >= 11 is 3.14. The van der Waals surface area contributed by atoms with Crippen LogP contribution in [0.2, 0.25) is 0 Å². The van der Waals surface area contributed by atoms with Crippen LogP contribution in [0.15, 0.2) is 40.9 Å². The zero-order chi connectivity index (χ0) is 18.6. The monoisotopic (exact) mass is 413 g/mol. The summed E-state index contributed by atoms with van der Waals surface area (Å²) in [5.41, 5.74) is -0.0874. The summed E-state index contributed by atoms with van der Waals surface area (Å²) in [4.78, 5) is 23.7. The molecule has 0 aliphatic heterocycles. The third kappa shape index (κ3) is 4.76. The molecule has 0 saturated carbocycles. The Labute approximate surface area is 151 Å². The molecule has 1 amide bonds. The average Bonchev–Trinajstić information content (AvgIpc) is 2.58. The van der Waals surface area contributed by atoms with Crippen molar-refractivity contribution in [3.05, 3.63) is 58.1 Å². The van der Waals surface area contributed by atoms with Gasteiger partial charge in [-0.1, -0.05) is 0 Å². The number of nitrogens with one attached hydrogen (secondary N) is 1. The highest BCUT2D eigenvalue weighted by Gasteiger charge is 2.18. The number of esters is 1. The molecule has 0 saturated heterocycles. The highest BCUT2D eigenvalue weighted by molar-refractivity contribution is 9.10. The molecule has 2 rings (SSSR count). The van der Waals surface area contributed by atoms with Gasteiger partial charge in [0.15, 0.2) is 6.10 Å². The van der Waals surface area contributed by atoms with Gasteiger partial charge >= 0.3 is 5.97 Å². The molecule has 2 aromatic rings. The molecule has 0 heterocycles. The van der Waals surface area contributed by atoms with Crippen molar-refractivity contribution in [2.45, 2.75) is 13.0 Å². The SMILES string of the molecule is COC(=O)c1cc(NC(=O)C(C)Oc2ccc(F)cc2Br)ccc1F. The highest BCUT2D eigenvalue weighted by Crippen LogP contribution is 2.26. The Balaban J connectivity index is 2.09. The molecule has 0 aliphatic rings. The molecular weight excluding hydrogens is 400 g/mol. The standard InChI is InChI=1S/C17H14BrF2NO4/c1-9(25-15-6-3-10(19)7-13(15)18)16(22)21-11-4-5-14(20)12(8-11)17(23)24-2/h3-9H,1-2H3,(H,21,22). The maximum Gasteiger partial charge on any atom is 0.340 e. The number of amides is 1. The van der Waals surface area contributed by atoms with E-state index in [0.29, 0.717) is 10.2 Å². The second-order valence-corrected chi connectivity index (χ2v) is 5.86. The molecule has 8 heteroatoms. The molecule has 1 N–H and O–H groups in total. The zero-order valence-corrected chi connectivity index (χ0v) is 14.9. The summed E-state index contributed by atoms with van der Waals surface area (Å²) in [6.45, 7) is 1.50. The minimum atomic E-state index is -0.923. The van der Waals surface area contributed by atoms with Crippen LogP contribution in [0, 0.1) is 11.6 Å². The second-order valence-electron chi connectivity index (χ2n) is 5.01. The van der Waals surface area contributed by atoms with Gasteiger partial charge in [-0.15, -0.1) is 0 Å². The number of anilines is 1. The van der Waals surface area contributed by atoms with Crippen LogP contribution in [0.3, 0.4) is 0 Å². The molecule has 2 aromatic carbocycles. The van der Waals surface area contributed by atoms with E-state index in [-0.39, 0.29) is 11.3 Å². The normalized spacial score (nSPS) is 11.6. The first kappa shape index (κ1) is 18.9. The predicted molar refractivity (Wildman–Crippen MR) is 90.6 cm³/mol. The van der Waals surface area contributed by atoms with Crippen LogP contribution in [-0.2, 0) is 9.53 Å². The van der Waals surface area contributed by atoms with Crippen molar-refractivity contribution in [3.8, 4) is 5.75 Å². The fraction of sp³-hybridized carbons (Fsp3) is 0.176. The van der Waals surface area contributed by atoms with Gasteiger partial charge in [0.2, 0.25) is 0 Å². The van der Waals surface area contributed by atoms with Gasteiger partial charge in [-0.2, -0.15) is 0 Å². The summed E-state index contributed by atoms with van der Waals surface area (Å²) in [5, 5.41) is 2.51. The quantitative estimate of drug-likeness (QED) is 0.754. The van der Waals surface area contributed by atoms with Gasteiger partial charge in [0, 0.05) is 5.69 Å². The Morgan fingerprint density at radius 2 is 1.88 bits per heavy atom. The molecule has 1 unspecified atom stereocenters. The number of halogens is 3. The van der Waals surface area contributed by atoms with Crippen LogP contribution in [0.1, 0.15) is 17.3 Å². The molecule has 0 bridgehead atoms. The number of benzene rings is 2. The van der Waals surface area contributed by atoms with E-state index in [1.54, 1.807) is 0 Å². The maximum absolute atomic E-state index is 13.6. The molecule has 0 fully saturated rings. The number of carbonyl (C=O) groups excluding carboxylic acids is 2. The number of ether oxygens (including phenoxy) is 2. The second kappa shape index (κ2) is 8.06. The first-order valence-corrected chi connectivity index (χ1v) is 7.91. The Morgan fingerprint density at radius 1 is 1.16 bits per heavy atom. The molecule has 0 aromatic heterocycles. The van der Waals surface area contributed by atoms with Crippen LogP contribution in [0.5, 0.6) is 5.75 Å². The van der Waals surface area contributed by atoms with Gasteiger partial charge in [0.1, 0.15) is 17.4 Å². The Bertz CT molecular complexity index is 813. The molecule has 0 spiro atoms. The smallest absolute Gasteiger partial charge is 0.340 e. The van der Waals surface area contributed by atoms with Crippen LogP contribution in [-0.4, -0.2) is 25.1 Å². The molecule has 5 nitrogen and oxygen atoms in total. The van der Waals surface area contributed by atoms with Crippen molar-refractivity contribution < 1.29 is 27.8 Å². The van der Waals surface area contributed by atoms with Crippen molar-refractivity contribution in [1.82, 2.24) is 0 Å². The third-order valence-electron chi connectivity index (χ3n) is 3.21. The lowest BCUT2D eigenvalue weighted by Crippen LogP contribution is -2.30. The van der Waals surface area contributed by atoms with E-state index in [2.05, 4.69) is 26.0 Å². The fourth-order valence-corrected chi connectivity index (χ4v) is 2.37. The van der Waals surface area contributed by atoms with E-state index < -0.39 is 29.6 Å². The topological polar surface area (TPSA) is 64.6 Å². The molecule has 0 aliphatic carbocycles. The molecule has 132 valence electrons. The Kier molecular flexibility index (Phi) is 6.08. The van der Waals surface area contributed by atoms with E-state index in [0.717, 1.165) is 13.2 Å². The fourth-order valence-electron chi connectivity index (χ4n) is 1.93. The van der Waals surface area contributed by atoms with Crippen molar-refractivity contribution in [2.24, 2.45) is 0 Å². The van der Waals surface area contributed by atoms with E-state index in [1.165, 1.54) is 37.3 Å². The minimum Gasteiger partial charge on any atom is -0.480 e. The number of rotatable bonds is 5. The van der Waals surface area contributed by atoms with E-state index >= 15 is 0 Å². The number of methoxy groups -OCH3 is 1. The zero-order valence-electron chi connectivity index (χ0n) is 13.3. The lowest BCUT2D eigenvalue weighted by Gasteiger charge is -2.16. The van der Waals surface area contributed by atoms with Gasteiger partial charge in [-0.3, -0.25) is 4.79 Å². The summed E-state index contributed by atoms with van der Waals surface area (Å²) in [7, 11) is 1.13. The van der Waals surface area contributed by atoms with Gasteiger partial charge in [0.05, 0.1) is 17.1 Å². The van der Waals surface area contributed by atoms with Crippen molar-refractivity contribution in [2.75, 3.05) is 12.4 Å². The van der Waals surface area contributed by atoms with Crippen LogP contribution < -0.4 is 10.1 Å². The minimum absolute atomic E-state index is 0.209. The summed E-state index contributed by atoms with van der Waals surface area (Å²) in [5.74, 6) is -2.30. The highest BCUT2D eigenvalue weighted by atomic mass is 79.9. The van der Waals surface area contributed by atoms with Crippen LogP contribution in [0.25, 0.3) is 0 Å². The largest absolute Gasteiger partial charge is 0.480 e. The van der Waals surface area contributed by atoms with Gasteiger partial charge in [0.25, 0.3) is 5.91 Å². The maximum atomic E-state index is 13.6.